The molecule has 4 rings (SSSR count). The molecule has 6 heteroatoms. The van der Waals surface area contributed by atoms with E-state index >= 15 is 0 Å². The van der Waals surface area contributed by atoms with Crippen LogP contribution in [-0.2, 0) is 6.54 Å². The number of aromatic nitrogens is 1. The van der Waals surface area contributed by atoms with Crippen molar-refractivity contribution in [3.05, 3.63) is 94.8 Å². The van der Waals surface area contributed by atoms with Crippen LogP contribution in [0.5, 0.6) is 0 Å². The van der Waals surface area contributed by atoms with Gasteiger partial charge < -0.3 is 15.5 Å². The van der Waals surface area contributed by atoms with E-state index in [4.69, 9.17) is 4.98 Å². The fourth-order valence-corrected chi connectivity index (χ4v) is 4.24. The van der Waals surface area contributed by atoms with E-state index in [1.807, 2.05) is 85.5 Å². The van der Waals surface area contributed by atoms with E-state index in [2.05, 4.69) is 10.6 Å². The van der Waals surface area contributed by atoms with Gasteiger partial charge >= 0.3 is 6.03 Å². The highest BCUT2D eigenvalue weighted by atomic mass is 16.2. The number of hydrogen-bond donors (Lipinski definition) is 2. The van der Waals surface area contributed by atoms with Crippen LogP contribution in [0.2, 0.25) is 0 Å². The van der Waals surface area contributed by atoms with Crippen LogP contribution < -0.4 is 10.6 Å². The second-order valence-electron chi connectivity index (χ2n) is 8.55. The zero-order valence-electron chi connectivity index (χ0n) is 19.2. The highest BCUT2D eigenvalue weighted by molar-refractivity contribution is 5.95. The molecule has 1 aliphatic rings. The number of pyridine rings is 1. The summed E-state index contributed by atoms with van der Waals surface area (Å²) in [4.78, 5) is 32.3. The van der Waals surface area contributed by atoms with Gasteiger partial charge in [-0.3, -0.25) is 9.78 Å². The lowest BCUT2D eigenvalue weighted by atomic mass is 9.90. The Balaban J connectivity index is 1.41. The summed E-state index contributed by atoms with van der Waals surface area (Å²) in [5, 5.41) is 6.00. The summed E-state index contributed by atoms with van der Waals surface area (Å²) in [7, 11) is 0. The maximum atomic E-state index is 13.1. The molecule has 1 aliphatic heterocycles. The monoisotopic (exact) mass is 442 g/mol. The lowest BCUT2D eigenvalue weighted by Crippen LogP contribution is -2.41. The lowest BCUT2D eigenvalue weighted by Gasteiger charge is -2.32. The van der Waals surface area contributed by atoms with Crippen molar-refractivity contribution < 1.29 is 9.59 Å². The molecular weight excluding hydrogens is 412 g/mol. The molecule has 3 aromatic rings. The summed E-state index contributed by atoms with van der Waals surface area (Å²) in [5.41, 5.74) is 5.40. The third-order valence-electron chi connectivity index (χ3n) is 6.20. The molecule has 2 aromatic carbocycles. The Kier molecular flexibility index (Phi) is 7.03. The van der Waals surface area contributed by atoms with E-state index in [0.29, 0.717) is 25.2 Å². The average molecular weight is 443 g/mol. The number of rotatable bonds is 5. The molecule has 1 fully saturated rings. The molecule has 33 heavy (non-hydrogen) atoms. The maximum absolute atomic E-state index is 13.1. The fourth-order valence-electron chi connectivity index (χ4n) is 4.24. The van der Waals surface area contributed by atoms with Gasteiger partial charge in [0, 0.05) is 36.9 Å². The molecule has 6 nitrogen and oxygen atoms in total. The normalized spacial score (nSPS) is 14.1. The van der Waals surface area contributed by atoms with Gasteiger partial charge in [-0.1, -0.05) is 42.5 Å². The molecule has 0 atom stereocenters. The molecule has 2 N–H and O–H groups in total. The number of para-hydroxylation sites is 1. The first kappa shape index (κ1) is 22.5. The van der Waals surface area contributed by atoms with Gasteiger partial charge in [0.1, 0.15) is 0 Å². The van der Waals surface area contributed by atoms with Crippen LogP contribution in [0.1, 0.15) is 51.6 Å². The molecule has 1 saturated heterocycles. The van der Waals surface area contributed by atoms with Crippen LogP contribution >= 0.6 is 0 Å². The summed E-state index contributed by atoms with van der Waals surface area (Å²) in [6.45, 7) is 5.73. The number of piperidine rings is 1. The largest absolute Gasteiger partial charge is 0.348 e. The molecule has 0 radical (unpaired) electrons. The van der Waals surface area contributed by atoms with Crippen LogP contribution in [0.15, 0.2) is 66.7 Å². The van der Waals surface area contributed by atoms with E-state index < -0.39 is 0 Å². The summed E-state index contributed by atoms with van der Waals surface area (Å²) in [5.74, 6) is 0.0369. The number of anilines is 1. The summed E-state index contributed by atoms with van der Waals surface area (Å²) >= 11 is 0. The van der Waals surface area contributed by atoms with E-state index in [0.717, 1.165) is 41.0 Å². The van der Waals surface area contributed by atoms with Crippen LogP contribution in [0.25, 0.3) is 0 Å². The molecule has 0 aliphatic carbocycles. The van der Waals surface area contributed by atoms with Crippen molar-refractivity contribution in [1.82, 2.24) is 15.2 Å². The van der Waals surface area contributed by atoms with Crippen molar-refractivity contribution in [2.45, 2.75) is 39.2 Å². The van der Waals surface area contributed by atoms with Crippen LogP contribution in [-0.4, -0.2) is 34.9 Å². The number of hydrogen-bond acceptors (Lipinski definition) is 3. The third kappa shape index (κ3) is 5.58. The Morgan fingerprint density at radius 3 is 2.36 bits per heavy atom. The number of carbonyl (C=O) groups excluding carboxylic acids is 2. The highest BCUT2D eigenvalue weighted by Crippen LogP contribution is 2.30. The number of urea groups is 1. The van der Waals surface area contributed by atoms with Gasteiger partial charge in [-0.25, -0.2) is 4.79 Å². The highest BCUT2D eigenvalue weighted by Gasteiger charge is 2.28. The van der Waals surface area contributed by atoms with Crippen molar-refractivity contribution in [3.8, 4) is 0 Å². The minimum absolute atomic E-state index is 0.0898. The standard InChI is InChI=1S/C27H30N4O2/c1-19-8-6-7-9-22(19)18-28-26(32)24-13-12-20(2)29-25(24)21-14-16-31(17-15-21)27(33)30-23-10-4-3-5-11-23/h3-13,21H,14-18H2,1-2H3,(H,28,32)(H,30,33). The predicted octanol–water partition coefficient (Wildman–Crippen LogP) is 5.04. The minimum Gasteiger partial charge on any atom is -0.348 e. The Morgan fingerprint density at radius 1 is 0.939 bits per heavy atom. The van der Waals surface area contributed by atoms with Gasteiger partial charge in [0.15, 0.2) is 0 Å². The predicted molar refractivity (Wildman–Crippen MR) is 130 cm³/mol. The second-order valence-corrected chi connectivity index (χ2v) is 8.55. The molecule has 0 unspecified atom stereocenters. The van der Waals surface area contributed by atoms with Crippen molar-refractivity contribution in [3.63, 3.8) is 0 Å². The fraction of sp³-hybridized carbons (Fsp3) is 0.296. The lowest BCUT2D eigenvalue weighted by molar-refractivity contribution is 0.0948. The average Bonchev–Trinajstić information content (AvgIpc) is 2.84. The molecule has 2 heterocycles. The molecule has 0 spiro atoms. The van der Waals surface area contributed by atoms with E-state index in [9.17, 15) is 9.59 Å². The third-order valence-corrected chi connectivity index (χ3v) is 6.20. The van der Waals surface area contributed by atoms with Crippen molar-refractivity contribution in [2.75, 3.05) is 18.4 Å². The maximum Gasteiger partial charge on any atom is 0.321 e. The van der Waals surface area contributed by atoms with E-state index in [1.54, 1.807) is 0 Å². The van der Waals surface area contributed by atoms with Gasteiger partial charge in [-0.05, 0) is 62.1 Å². The van der Waals surface area contributed by atoms with Crippen molar-refractivity contribution in [2.24, 2.45) is 0 Å². The minimum atomic E-state index is -0.106. The SMILES string of the molecule is Cc1ccc(C(=O)NCc2ccccc2C)c(C2CCN(C(=O)Nc3ccccc3)CC2)n1. The van der Waals surface area contributed by atoms with Crippen molar-refractivity contribution in [1.29, 1.82) is 0 Å². The Labute approximate surface area is 195 Å². The van der Waals surface area contributed by atoms with Gasteiger partial charge in [0.2, 0.25) is 0 Å². The number of nitrogens with zero attached hydrogens (tertiary/aromatic N) is 2. The Hall–Kier alpha value is -3.67. The first-order chi connectivity index (χ1) is 16.0. The summed E-state index contributed by atoms with van der Waals surface area (Å²) in [6.07, 6.45) is 1.55. The van der Waals surface area contributed by atoms with Crippen LogP contribution in [0, 0.1) is 13.8 Å². The van der Waals surface area contributed by atoms with E-state index in [-0.39, 0.29) is 17.9 Å². The Morgan fingerprint density at radius 2 is 1.64 bits per heavy atom. The molecule has 1 aromatic heterocycles. The molecule has 3 amide bonds. The Bertz CT molecular complexity index is 1120. The number of benzene rings is 2. The molecule has 0 saturated carbocycles. The zero-order valence-corrected chi connectivity index (χ0v) is 19.2. The zero-order chi connectivity index (χ0) is 23.2. The first-order valence-electron chi connectivity index (χ1n) is 11.4. The van der Waals surface area contributed by atoms with Gasteiger partial charge in [-0.2, -0.15) is 0 Å². The summed E-state index contributed by atoms with van der Waals surface area (Å²) in [6, 6.07) is 21.2. The number of amides is 3. The molecule has 170 valence electrons. The molecular formula is C27H30N4O2. The van der Waals surface area contributed by atoms with E-state index in [1.165, 1.54) is 0 Å². The van der Waals surface area contributed by atoms with Gasteiger partial charge in [0.25, 0.3) is 5.91 Å². The summed E-state index contributed by atoms with van der Waals surface area (Å²) < 4.78 is 0. The van der Waals surface area contributed by atoms with Crippen LogP contribution in [0.3, 0.4) is 0 Å². The van der Waals surface area contributed by atoms with Gasteiger partial charge in [-0.15, -0.1) is 0 Å². The number of aryl methyl sites for hydroxylation is 2. The first-order valence-corrected chi connectivity index (χ1v) is 11.4. The smallest absolute Gasteiger partial charge is 0.321 e. The number of carbonyl (C=O) groups is 2. The van der Waals surface area contributed by atoms with Crippen molar-refractivity contribution >= 4 is 17.6 Å². The number of nitrogens with one attached hydrogen (secondary N) is 2. The van der Waals surface area contributed by atoms with Gasteiger partial charge in [0.05, 0.1) is 11.3 Å². The topological polar surface area (TPSA) is 74.3 Å². The second kappa shape index (κ2) is 10.3. The molecule has 0 bridgehead atoms. The van der Waals surface area contributed by atoms with Crippen LogP contribution in [0.4, 0.5) is 10.5 Å². The number of likely N-dealkylation sites (tertiary alicyclic amines) is 1. The quantitative estimate of drug-likeness (QED) is 0.581.